The van der Waals surface area contributed by atoms with E-state index in [1.54, 1.807) is 11.3 Å². The van der Waals surface area contributed by atoms with Crippen LogP contribution in [0.15, 0.2) is 33.5 Å². The van der Waals surface area contributed by atoms with E-state index >= 15 is 0 Å². The molecule has 1 aliphatic carbocycles. The summed E-state index contributed by atoms with van der Waals surface area (Å²) in [7, 11) is 0. The molecule has 5 nitrogen and oxygen atoms in total. The van der Waals surface area contributed by atoms with Crippen molar-refractivity contribution in [3.05, 3.63) is 40.3 Å². The van der Waals surface area contributed by atoms with Gasteiger partial charge < -0.3 is 9.84 Å². The zero-order valence-electron chi connectivity index (χ0n) is 11.8. The van der Waals surface area contributed by atoms with E-state index in [-0.39, 0.29) is 5.91 Å². The Balaban J connectivity index is 1.57. The predicted octanol–water partition coefficient (Wildman–Crippen LogP) is 3.84. The molecule has 3 aromatic rings. The van der Waals surface area contributed by atoms with Crippen molar-refractivity contribution in [2.45, 2.75) is 25.2 Å². The molecule has 0 spiro atoms. The minimum atomic E-state index is -0.557. The lowest BCUT2D eigenvalue weighted by molar-refractivity contribution is -0.118. The first-order chi connectivity index (χ1) is 10.7. The molecule has 0 aromatic carbocycles. The molecule has 4 rings (SSSR count). The van der Waals surface area contributed by atoms with Crippen molar-refractivity contribution in [2.24, 2.45) is 0 Å². The molecular formula is C15H13N3O2S2. The molecule has 0 aliphatic heterocycles. The predicted molar refractivity (Wildman–Crippen MR) is 86.2 cm³/mol. The van der Waals surface area contributed by atoms with Crippen LogP contribution in [0.1, 0.15) is 24.2 Å². The number of nitrogens with one attached hydrogen (secondary N) is 1. The summed E-state index contributed by atoms with van der Waals surface area (Å²) in [5.41, 5.74) is 1.06. The van der Waals surface area contributed by atoms with Gasteiger partial charge in [-0.3, -0.25) is 4.79 Å². The van der Waals surface area contributed by atoms with Crippen molar-refractivity contribution in [3.63, 3.8) is 0 Å². The largest absolute Gasteiger partial charge is 0.355 e. The maximum absolute atomic E-state index is 12.6. The summed E-state index contributed by atoms with van der Waals surface area (Å²) < 4.78 is 5.41. The summed E-state index contributed by atoms with van der Waals surface area (Å²) in [6, 6.07) is 5.82. The summed E-state index contributed by atoms with van der Waals surface area (Å²) in [5.74, 6) is 0.669. The van der Waals surface area contributed by atoms with Gasteiger partial charge in [-0.2, -0.15) is 0 Å². The van der Waals surface area contributed by atoms with Crippen molar-refractivity contribution >= 4 is 33.7 Å². The fraction of sp³-hybridized carbons (Fsp3) is 0.267. The van der Waals surface area contributed by atoms with E-state index in [0.29, 0.717) is 16.6 Å². The number of rotatable bonds is 4. The van der Waals surface area contributed by atoms with E-state index in [1.165, 1.54) is 11.3 Å². The average Bonchev–Trinajstić information content (AvgIpc) is 2.93. The van der Waals surface area contributed by atoms with Gasteiger partial charge in [-0.25, -0.2) is 4.98 Å². The van der Waals surface area contributed by atoms with Gasteiger partial charge in [0.05, 0.1) is 21.7 Å². The summed E-state index contributed by atoms with van der Waals surface area (Å²) in [6.07, 6.45) is 1.58. The maximum atomic E-state index is 12.6. The highest BCUT2D eigenvalue weighted by molar-refractivity contribution is 7.14. The third-order valence-electron chi connectivity index (χ3n) is 3.79. The number of aryl methyl sites for hydroxylation is 1. The smallest absolute Gasteiger partial charge is 0.238 e. The fourth-order valence-corrected chi connectivity index (χ4v) is 3.74. The maximum Gasteiger partial charge on any atom is 0.238 e. The standard InChI is InChI=1S/C15H13N3O2S2/c1-9-8-22-14(16-9)17-13(19)15(4-5-15)12-7-10(20-18-12)11-3-2-6-21-11/h2-3,6-8H,4-5H2,1H3,(H,16,17,19). The second-order valence-electron chi connectivity index (χ2n) is 5.38. The number of amides is 1. The zero-order valence-corrected chi connectivity index (χ0v) is 13.5. The summed E-state index contributed by atoms with van der Waals surface area (Å²) in [4.78, 5) is 17.9. The molecule has 1 amide bonds. The van der Waals surface area contributed by atoms with Crippen LogP contribution in [0.25, 0.3) is 10.6 Å². The first kappa shape index (κ1) is 13.7. The van der Waals surface area contributed by atoms with Gasteiger partial charge in [-0.05, 0) is 31.2 Å². The minimum absolute atomic E-state index is 0.0483. The van der Waals surface area contributed by atoms with Crippen LogP contribution in [0.3, 0.4) is 0 Å². The lowest BCUT2D eigenvalue weighted by Crippen LogP contribution is -2.28. The van der Waals surface area contributed by atoms with E-state index in [1.807, 2.05) is 35.9 Å². The molecule has 7 heteroatoms. The number of anilines is 1. The number of nitrogens with zero attached hydrogens (tertiary/aromatic N) is 2. The molecule has 1 saturated carbocycles. The summed E-state index contributed by atoms with van der Waals surface area (Å²) in [6.45, 7) is 1.91. The van der Waals surface area contributed by atoms with Crippen LogP contribution in [-0.4, -0.2) is 16.0 Å². The lowest BCUT2D eigenvalue weighted by atomic mass is 10.0. The highest BCUT2D eigenvalue weighted by Gasteiger charge is 2.54. The Kier molecular flexibility index (Phi) is 3.12. The van der Waals surface area contributed by atoms with Crippen LogP contribution in [-0.2, 0) is 10.2 Å². The number of carbonyl (C=O) groups is 1. The van der Waals surface area contributed by atoms with E-state index in [0.717, 1.165) is 23.4 Å². The number of thiazole rings is 1. The molecule has 1 N–H and O–H groups in total. The van der Waals surface area contributed by atoms with Crippen LogP contribution in [0.5, 0.6) is 0 Å². The SMILES string of the molecule is Cc1csc(NC(=O)C2(c3cc(-c4cccs4)on3)CC2)n1. The van der Waals surface area contributed by atoms with Crippen LogP contribution in [0, 0.1) is 6.92 Å². The molecule has 22 heavy (non-hydrogen) atoms. The molecule has 1 aliphatic rings. The highest BCUT2D eigenvalue weighted by atomic mass is 32.1. The second-order valence-corrected chi connectivity index (χ2v) is 7.19. The Morgan fingerprint density at radius 3 is 2.91 bits per heavy atom. The van der Waals surface area contributed by atoms with Crippen LogP contribution in [0.2, 0.25) is 0 Å². The molecule has 3 heterocycles. The van der Waals surface area contributed by atoms with Gasteiger partial charge in [0.2, 0.25) is 5.91 Å². The molecule has 112 valence electrons. The molecule has 0 atom stereocenters. The number of hydrogen-bond donors (Lipinski definition) is 1. The average molecular weight is 331 g/mol. The summed E-state index contributed by atoms with van der Waals surface area (Å²) in [5, 5.41) is 11.6. The Labute approximate surface area is 135 Å². The zero-order chi connectivity index (χ0) is 15.2. The van der Waals surface area contributed by atoms with Crippen LogP contribution in [0.4, 0.5) is 5.13 Å². The van der Waals surface area contributed by atoms with E-state index < -0.39 is 5.41 Å². The van der Waals surface area contributed by atoms with Crippen molar-refractivity contribution in [1.29, 1.82) is 0 Å². The topological polar surface area (TPSA) is 68.0 Å². The minimum Gasteiger partial charge on any atom is -0.355 e. The second kappa shape index (κ2) is 5.03. The van der Waals surface area contributed by atoms with E-state index in [2.05, 4.69) is 15.5 Å². The Morgan fingerprint density at radius 2 is 2.27 bits per heavy atom. The lowest BCUT2D eigenvalue weighted by Gasteiger charge is -2.10. The van der Waals surface area contributed by atoms with Crippen LogP contribution < -0.4 is 5.32 Å². The normalized spacial score (nSPS) is 15.7. The Bertz CT molecular complexity index is 816. The molecule has 0 radical (unpaired) electrons. The number of hydrogen-bond acceptors (Lipinski definition) is 6. The van der Waals surface area contributed by atoms with Gasteiger partial charge in [0.1, 0.15) is 0 Å². The molecule has 0 saturated heterocycles. The molecule has 3 aromatic heterocycles. The third kappa shape index (κ3) is 2.26. The molecular weight excluding hydrogens is 318 g/mol. The number of aromatic nitrogens is 2. The van der Waals surface area contributed by atoms with Crippen molar-refractivity contribution < 1.29 is 9.32 Å². The van der Waals surface area contributed by atoms with E-state index in [4.69, 9.17) is 4.52 Å². The third-order valence-corrected chi connectivity index (χ3v) is 5.55. The van der Waals surface area contributed by atoms with Gasteiger partial charge in [0.15, 0.2) is 10.9 Å². The Hall–Kier alpha value is -1.99. The monoisotopic (exact) mass is 331 g/mol. The van der Waals surface area contributed by atoms with Crippen molar-refractivity contribution in [1.82, 2.24) is 10.1 Å². The first-order valence-electron chi connectivity index (χ1n) is 6.92. The van der Waals surface area contributed by atoms with Gasteiger partial charge in [0, 0.05) is 11.4 Å². The van der Waals surface area contributed by atoms with Gasteiger partial charge in [-0.15, -0.1) is 22.7 Å². The number of carbonyl (C=O) groups excluding carboxylic acids is 1. The summed E-state index contributed by atoms with van der Waals surface area (Å²) >= 11 is 3.03. The van der Waals surface area contributed by atoms with Gasteiger partial charge in [-0.1, -0.05) is 11.2 Å². The Morgan fingerprint density at radius 1 is 1.41 bits per heavy atom. The first-order valence-corrected chi connectivity index (χ1v) is 8.68. The van der Waals surface area contributed by atoms with Crippen molar-refractivity contribution in [2.75, 3.05) is 5.32 Å². The molecule has 1 fully saturated rings. The fourth-order valence-electron chi connectivity index (χ4n) is 2.39. The highest BCUT2D eigenvalue weighted by Crippen LogP contribution is 2.49. The van der Waals surface area contributed by atoms with E-state index in [9.17, 15) is 4.79 Å². The number of thiophene rings is 1. The van der Waals surface area contributed by atoms with Crippen LogP contribution >= 0.6 is 22.7 Å². The van der Waals surface area contributed by atoms with Gasteiger partial charge in [0.25, 0.3) is 0 Å². The molecule has 0 bridgehead atoms. The van der Waals surface area contributed by atoms with Crippen molar-refractivity contribution in [3.8, 4) is 10.6 Å². The van der Waals surface area contributed by atoms with Gasteiger partial charge >= 0.3 is 0 Å². The quantitative estimate of drug-likeness (QED) is 0.789. The molecule has 0 unspecified atom stereocenters.